The number of carbonyl (C=O) groups excluding carboxylic acids is 1. The van der Waals surface area contributed by atoms with Crippen molar-refractivity contribution < 1.29 is 28.0 Å². The SMILES string of the molecule is COC[C@@H](N)C(=O)N[C@H](CCOc1ccc(Cl)cc1F)B1OC(C)(C)C(C)(C)O1.Cl. The molecule has 0 unspecified atom stereocenters. The quantitative estimate of drug-likeness (QED) is 0.543. The van der Waals surface area contributed by atoms with E-state index < -0.39 is 42.0 Å². The molecule has 0 spiro atoms. The van der Waals surface area contributed by atoms with E-state index in [1.54, 1.807) is 0 Å². The topological polar surface area (TPSA) is 92.0 Å². The van der Waals surface area contributed by atoms with Gasteiger partial charge in [-0.15, -0.1) is 12.4 Å². The molecule has 1 aromatic rings. The van der Waals surface area contributed by atoms with Crippen LogP contribution in [0.15, 0.2) is 18.2 Å². The van der Waals surface area contributed by atoms with Crippen LogP contribution in [-0.4, -0.2) is 56.5 Å². The molecule has 0 bridgehead atoms. The second-order valence-corrected chi connectivity index (χ2v) is 8.45. The van der Waals surface area contributed by atoms with E-state index in [1.165, 1.54) is 25.3 Å². The summed E-state index contributed by atoms with van der Waals surface area (Å²) in [5, 5.41) is 3.12. The predicted octanol–water partition coefficient (Wildman–Crippen LogP) is 2.76. The molecule has 1 heterocycles. The van der Waals surface area contributed by atoms with Crippen LogP contribution in [0.25, 0.3) is 0 Å². The van der Waals surface area contributed by atoms with Crippen molar-refractivity contribution in [3.63, 3.8) is 0 Å². The van der Waals surface area contributed by atoms with E-state index in [9.17, 15) is 9.18 Å². The Labute approximate surface area is 188 Å². The molecule has 1 aromatic carbocycles. The van der Waals surface area contributed by atoms with Gasteiger partial charge in [0.05, 0.1) is 30.4 Å². The Hall–Kier alpha value is -1.10. The van der Waals surface area contributed by atoms with E-state index in [-0.39, 0.29) is 36.4 Å². The van der Waals surface area contributed by atoms with E-state index in [0.717, 1.165) is 0 Å². The average molecular weight is 467 g/mol. The van der Waals surface area contributed by atoms with Crippen LogP contribution in [-0.2, 0) is 18.8 Å². The standard InChI is InChI=1S/C19H29BClFN2O5.ClH/c1-18(2)19(3,4)29-20(28-18)16(24-17(25)14(23)11-26-5)8-9-27-15-7-6-12(21)10-13(15)22;/h6-7,10,14,16H,8-9,11,23H2,1-5H3,(H,24,25);1H/t14-,16-;/m1./s1. The average Bonchev–Trinajstić information content (AvgIpc) is 2.83. The summed E-state index contributed by atoms with van der Waals surface area (Å²) in [5.74, 6) is -1.44. The van der Waals surface area contributed by atoms with Crippen molar-refractivity contribution in [3.05, 3.63) is 29.0 Å². The summed E-state index contributed by atoms with van der Waals surface area (Å²) in [4.78, 5) is 12.4. The third-order valence-corrected chi connectivity index (χ3v) is 5.43. The van der Waals surface area contributed by atoms with Crippen LogP contribution in [0, 0.1) is 5.82 Å². The highest BCUT2D eigenvalue weighted by Gasteiger charge is 2.54. The molecule has 2 atom stereocenters. The van der Waals surface area contributed by atoms with E-state index in [0.29, 0.717) is 6.42 Å². The number of ether oxygens (including phenoxy) is 2. The molecule has 0 aliphatic carbocycles. The Morgan fingerprint density at radius 3 is 2.43 bits per heavy atom. The van der Waals surface area contributed by atoms with Gasteiger partial charge in [0.1, 0.15) is 6.04 Å². The molecule has 1 aliphatic heterocycles. The molecule has 30 heavy (non-hydrogen) atoms. The minimum absolute atomic E-state index is 0. The maximum atomic E-state index is 13.9. The zero-order chi connectivity index (χ0) is 21.8. The van der Waals surface area contributed by atoms with Gasteiger partial charge in [0, 0.05) is 18.6 Å². The fraction of sp³-hybridized carbons (Fsp3) is 0.632. The second-order valence-electron chi connectivity index (χ2n) is 8.01. The van der Waals surface area contributed by atoms with Gasteiger partial charge in [0.2, 0.25) is 5.91 Å². The summed E-state index contributed by atoms with van der Waals surface area (Å²) in [5.41, 5.74) is 4.68. The minimum atomic E-state index is -0.834. The largest absolute Gasteiger partial charge is 0.490 e. The van der Waals surface area contributed by atoms with Gasteiger partial charge in [-0.25, -0.2) is 4.39 Å². The van der Waals surface area contributed by atoms with Crippen LogP contribution in [0.3, 0.4) is 0 Å². The van der Waals surface area contributed by atoms with Gasteiger partial charge < -0.3 is 29.8 Å². The van der Waals surface area contributed by atoms with Gasteiger partial charge in [-0.1, -0.05) is 11.6 Å². The maximum Gasteiger partial charge on any atom is 0.481 e. The number of amides is 1. The number of nitrogens with two attached hydrogens (primary N) is 1. The summed E-state index contributed by atoms with van der Waals surface area (Å²) >= 11 is 5.76. The molecule has 0 aromatic heterocycles. The number of benzene rings is 1. The lowest BCUT2D eigenvalue weighted by Gasteiger charge is -2.32. The third kappa shape index (κ3) is 6.70. The predicted molar refractivity (Wildman–Crippen MR) is 117 cm³/mol. The van der Waals surface area contributed by atoms with Crippen molar-refractivity contribution in [1.82, 2.24) is 5.32 Å². The minimum Gasteiger partial charge on any atom is -0.490 e. The van der Waals surface area contributed by atoms with Gasteiger partial charge in [-0.05, 0) is 45.9 Å². The highest BCUT2D eigenvalue weighted by Crippen LogP contribution is 2.37. The van der Waals surface area contributed by atoms with Crippen molar-refractivity contribution in [2.45, 2.75) is 57.3 Å². The highest BCUT2D eigenvalue weighted by atomic mass is 35.5. The summed E-state index contributed by atoms with van der Waals surface area (Å²) in [6.07, 6.45) is 0.310. The molecule has 1 fully saturated rings. The van der Waals surface area contributed by atoms with Crippen molar-refractivity contribution >= 4 is 37.0 Å². The lowest BCUT2D eigenvalue weighted by molar-refractivity contribution is -0.123. The monoisotopic (exact) mass is 466 g/mol. The van der Waals surface area contributed by atoms with Gasteiger partial charge in [0.15, 0.2) is 11.6 Å². The molecule has 0 saturated carbocycles. The van der Waals surface area contributed by atoms with Gasteiger partial charge in [-0.3, -0.25) is 4.79 Å². The first kappa shape index (κ1) is 26.9. The van der Waals surface area contributed by atoms with Crippen molar-refractivity contribution in [2.24, 2.45) is 5.73 Å². The van der Waals surface area contributed by atoms with E-state index in [4.69, 9.17) is 36.1 Å². The normalized spacial score (nSPS) is 19.0. The van der Waals surface area contributed by atoms with Crippen LogP contribution in [0.1, 0.15) is 34.1 Å². The van der Waals surface area contributed by atoms with Crippen molar-refractivity contribution in [1.29, 1.82) is 0 Å². The molecule has 1 saturated heterocycles. The highest BCUT2D eigenvalue weighted by molar-refractivity contribution is 6.48. The Morgan fingerprint density at radius 2 is 1.90 bits per heavy atom. The first-order chi connectivity index (χ1) is 13.5. The van der Waals surface area contributed by atoms with Gasteiger partial charge in [-0.2, -0.15) is 0 Å². The molecule has 170 valence electrons. The Kier molecular flexibility index (Phi) is 9.85. The summed E-state index contributed by atoms with van der Waals surface area (Å²) in [6.45, 7) is 7.87. The Balaban J connectivity index is 0.00000450. The molecule has 1 aliphatic rings. The number of rotatable bonds is 9. The lowest BCUT2D eigenvalue weighted by atomic mass is 9.76. The number of methoxy groups -OCH3 is 1. The van der Waals surface area contributed by atoms with Crippen LogP contribution in [0.2, 0.25) is 5.02 Å². The molecule has 1 amide bonds. The fourth-order valence-corrected chi connectivity index (χ4v) is 2.92. The maximum absolute atomic E-state index is 13.9. The van der Waals surface area contributed by atoms with E-state index in [1.807, 2.05) is 27.7 Å². The van der Waals surface area contributed by atoms with Gasteiger partial charge in [0.25, 0.3) is 0 Å². The smallest absolute Gasteiger partial charge is 0.481 e. The molecule has 3 N–H and O–H groups in total. The van der Waals surface area contributed by atoms with Crippen LogP contribution in [0.5, 0.6) is 5.75 Å². The first-order valence-corrected chi connectivity index (χ1v) is 9.83. The van der Waals surface area contributed by atoms with Crippen LogP contribution < -0.4 is 15.8 Å². The number of nitrogens with one attached hydrogen (secondary N) is 1. The third-order valence-electron chi connectivity index (χ3n) is 5.19. The number of hydrogen-bond donors (Lipinski definition) is 2. The Morgan fingerprint density at radius 1 is 1.30 bits per heavy atom. The van der Waals surface area contributed by atoms with E-state index in [2.05, 4.69) is 5.32 Å². The van der Waals surface area contributed by atoms with Gasteiger partial charge >= 0.3 is 7.12 Å². The summed E-state index contributed by atoms with van der Waals surface area (Å²) in [6, 6.07) is 3.33. The number of hydrogen-bond acceptors (Lipinski definition) is 6. The number of carbonyl (C=O) groups is 1. The first-order valence-electron chi connectivity index (χ1n) is 9.45. The van der Waals surface area contributed by atoms with Crippen LogP contribution in [0.4, 0.5) is 4.39 Å². The van der Waals surface area contributed by atoms with E-state index >= 15 is 0 Å². The summed E-state index contributed by atoms with van der Waals surface area (Å²) < 4.78 is 36.5. The summed E-state index contributed by atoms with van der Waals surface area (Å²) in [7, 11) is 0.755. The second kappa shape index (κ2) is 11.0. The molecule has 7 nitrogen and oxygen atoms in total. The molecule has 2 rings (SSSR count). The van der Waals surface area contributed by atoms with Crippen molar-refractivity contribution in [3.8, 4) is 5.75 Å². The van der Waals surface area contributed by atoms with Crippen LogP contribution >= 0.6 is 24.0 Å². The zero-order valence-electron chi connectivity index (χ0n) is 17.9. The number of halogens is 3. The Bertz CT molecular complexity index is 710. The molecular weight excluding hydrogens is 437 g/mol. The lowest BCUT2D eigenvalue weighted by Crippen LogP contribution is -2.54. The fourth-order valence-electron chi connectivity index (χ4n) is 2.76. The molecular formula is C19H30BCl2FN2O5. The molecule has 11 heteroatoms. The van der Waals surface area contributed by atoms with Crippen molar-refractivity contribution in [2.75, 3.05) is 20.3 Å². The zero-order valence-corrected chi connectivity index (χ0v) is 19.4. The molecule has 0 radical (unpaired) electrons.